The van der Waals surface area contributed by atoms with Crippen molar-refractivity contribution in [2.45, 2.75) is 118 Å². The number of hydrogen-bond acceptors (Lipinski definition) is 0. The summed E-state index contributed by atoms with van der Waals surface area (Å²) in [5.74, 6) is 0. The zero-order chi connectivity index (χ0) is 40.1. The van der Waals surface area contributed by atoms with Gasteiger partial charge in [-0.15, -0.1) is 93.9 Å². The van der Waals surface area contributed by atoms with Gasteiger partial charge < -0.3 is 14.9 Å². The molecule has 2 atom stereocenters. The topological polar surface area (TPSA) is 0 Å². The molecule has 0 aromatic heterocycles. The third-order valence-corrected chi connectivity index (χ3v) is 12.3. The molecule has 0 N–H and O–H groups in total. The Bertz CT molecular complexity index is 2160. The standard InChI is InChI=1S/2C27H31.2CH3.2ClH.Si.Zr/c2*1-26(2,3)25-14-7-6-12-23(25)22-13-10-11-21-17-20(18-24(21)22)19-27(4)15-8-5-9-16-27;;;;;;/h2*5-8,10-14,17-18H,9,15-16,19H2,1-4H3;2*1H3;2*1H;;/q4*-1;;;;. The van der Waals surface area contributed by atoms with E-state index in [2.05, 4.69) is 196 Å². The van der Waals surface area contributed by atoms with E-state index in [0.29, 0.717) is 10.8 Å². The van der Waals surface area contributed by atoms with Crippen molar-refractivity contribution < 1.29 is 23.3 Å². The number of fused-ring (bicyclic) bond motifs is 2. The van der Waals surface area contributed by atoms with E-state index in [0.717, 1.165) is 0 Å². The molecule has 320 valence electrons. The van der Waals surface area contributed by atoms with Crippen LogP contribution in [0.3, 0.4) is 0 Å². The second kappa shape index (κ2) is 22.6. The molecule has 6 aromatic carbocycles. The van der Waals surface area contributed by atoms with Crippen molar-refractivity contribution in [2.24, 2.45) is 10.8 Å². The van der Waals surface area contributed by atoms with Gasteiger partial charge in [-0.2, -0.15) is 12.1 Å². The van der Waals surface area contributed by atoms with E-state index >= 15 is 0 Å². The van der Waals surface area contributed by atoms with Crippen molar-refractivity contribution >= 4 is 53.2 Å². The summed E-state index contributed by atoms with van der Waals surface area (Å²) in [5.41, 5.74) is 12.4. The zero-order valence-electron chi connectivity index (χ0n) is 38.2. The Labute approximate surface area is 394 Å². The van der Waals surface area contributed by atoms with E-state index in [-0.39, 0.29) is 50.5 Å². The molecule has 2 aliphatic rings. The first-order valence-corrected chi connectivity index (χ1v) is 25.0. The molecule has 2 aliphatic carbocycles. The summed E-state index contributed by atoms with van der Waals surface area (Å²) in [5, 5.41) is 5.56. The van der Waals surface area contributed by atoms with E-state index in [1.165, 1.54) is 141 Å². The Kier molecular flexibility index (Phi) is 20.1. The fourth-order valence-electron chi connectivity index (χ4n) is 9.36. The summed E-state index contributed by atoms with van der Waals surface area (Å²) < 4.78 is 0. The summed E-state index contributed by atoms with van der Waals surface area (Å²) in [6, 6.07) is 41.1. The van der Waals surface area contributed by atoms with E-state index in [1.54, 1.807) is 0 Å². The molecule has 4 heteroatoms. The Morgan fingerprint density at radius 2 is 0.867 bits per heavy atom. The van der Waals surface area contributed by atoms with E-state index < -0.39 is 0 Å². The summed E-state index contributed by atoms with van der Waals surface area (Å²) in [4.78, 5) is 0. The van der Waals surface area contributed by atoms with E-state index in [4.69, 9.17) is 0 Å². The maximum atomic E-state index is 3.06. The molecule has 2 radical (unpaired) electrons. The Morgan fingerprint density at radius 1 is 0.517 bits per heavy atom. The van der Waals surface area contributed by atoms with Crippen LogP contribution in [0.15, 0.2) is 133 Å². The first kappa shape index (κ1) is 53.4. The van der Waals surface area contributed by atoms with Crippen LogP contribution in [-0.2, 0) is 47.0 Å². The van der Waals surface area contributed by atoms with Crippen molar-refractivity contribution in [1.29, 1.82) is 0 Å². The van der Waals surface area contributed by atoms with Gasteiger partial charge in [0.05, 0.1) is 0 Å². The van der Waals surface area contributed by atoms with Crippen LogP contribution in [0.25, 0.3) is 43.8 Å². The van der Waals surface area contributed by atoms with Crippen LogP contribution in [-0.4, -0.2) is 6.88 Å². The van der Waals surface area contributed by atoms with Crippen molar-refractivity contribution in [2.75, 3.05) is 0 Å². The van der Waals surface area contributed by atoms with Gasteiger partial charge in [-0.1, -0.05) is 151 Å². The van der Waals surface area contributed by atoms with Crippen LogP contribution >= 0.6 is 24.8 Å². The molecule has 0 fully saturated rings. The zero-order valence-corrected chi connectivity index (χ0v) is 43.3. The molecule has 0 bridgehead atoms. The van der Waals surface area contributed by atoms with Gasteiger partial charge in [0.15, 0.2) is 0 Å². The Morgan fingerprint density at radius 3 is 1.20 bits per heavy atom. The van der Waals surface area contributed by atoms with Gasteiger partial charge in [0.2, 0.25) is 0 Å². The van der Waals surface area contributed by atoms with Crippen molar-refractivity contribution in [3.63, 3.8) is 0 Å². The SMILES string of the molecule is CC1(Cc2cc3c(-c4ccccc4C(C)(C)C)cccc3[cH-]2)CC=CCC1.CC1(Cc2cc3c(-c4ccccc4C(C)(C)C)cccc3[cH-]2)CC=CCC1.Cl.Cl.[CH3-].[CH3-].[Si]=[Zr]. The molecule has 0 spiro atoms. The summed E-state index contributed by atoms with van der Waals surface area (Å²) >= 11 is 1.36. The molecule has 0 nitrogen and oxygen atoms in total. The molecule has 2 unspecified atom stereocenters. The predicted molar refractivity (Wildman–Crippen MR) is 270 cm³/mol. The van der Waals surface area contributed by atoms with Gasteiger partial charge in [-0.3, -0.25) is 0 Å². The van der Waals surface area contributed by atoms with Crippen molar-refractivity contribution in [1.82, 2.24) is 0 Å². The molecular weight excluding hydrogens is 863 g/mol. The van der Waals surface area contributed by atoms with Crippen LogP contribution in [0.1, 0.15) is 116 Å². The molecule has 0 amide bonds. The molecule has 60 heavy (non-hydrogen) atoms. The minimum atomic E-state index is 0. The van der Waals surface area contributed by atoms with Crippen LogP contribution in [0.2, 0.25) is 0 Å². The molecule has 0 heterocycles. The quantitative estimate of drug-likeness (QED) is 0.0887. The van der Waals surface area contributed by atoms with E-state index in [1.807, 2.05) is 0 Å². The van der Waals surface area contributed by atoms with Gasteiger partial charge >= 0.3 is 30.2 Å². The summed E-state index contributed by atoms with van der Waals surface area (Å²) in [6.07, 6.45) is 19.2. The van der Waals surface area contributed by atoms with Crippen LogP contribution in [0.5, 0.6) is 0 Å². The monoisotopic (exact) mass is 930 g/mol. The molecule has 6 aromatic rings. The fourth-order valence-corrected chi connectivity index (χ4v) is 9.36. The summed E-state index contributed by atoms with van der Waals surface area (Å²) in [7, 11) is 0. The van der Waals surface area contributed by atoms with Crippen molar-refractivity contribution in [3.05, 3.63) is 171 Å². The molecule has 0 saturated heterocycles. The molecule has 0 aliphatic heterocycles. The van der Waals surface area contributed by atoms with Crippen molar-refractivity contribution in [3.8, 4) is 22.3 Å². The molecule has 0 saturated carbocycles. The maximum absolute atomic E-state index is 3.06. The Balaban J connectivity index is 0.000000373. The van der Waals surface area contributed by atoms with E-state index in [9.17, 15) is 0 Å². The van der Waals surface area contributed by atoms with Crippen LogP contribution in [0.4, 0.5) is 0 Å². The van der Waals surface area contributed by atoms with Crippen LogP contribution < -0.4 is 0 Å². The van der Waals surface area contributed by atoms with Gasteiger partial charge in [0, 0.05) is 0 Å². The van der Waals surface area contributed by atoms with Crippen LogP contribution in [0, 0.1) is 25.7 Å². The number of hydrogen-bond donors (Lipinski definition) is 0. The predicted octanol–water partition coefficient (Wildman–Crippen LogP) is 17.0. The third kappa shape index (κ3) is 12.7. The van der Waals surface area contributed by atoms with Gasteiger partial charge in [0.1, 0.15) is 0 Å². The number of halogens is 2. The van der Waals surface area contributed by atoms with Gasteiger partial charge in [-0.25, -0.2) is 0 Å². The number of rotatable bonds is 6. The Hall–Kier alpha value is -2.74. The number of allylic oxidation sites excluding steroid dienone is 4. The van der Waals surface area contributed by atoms with Gasteiger partial charge in [0.25, 0.3) is 0 Å². The summed E-state index contributed by atoms with van der Waals surface area (Å²) in [6.45, 7) is 21.8. The first-order valence-electron chi connectivity index (χ1n) is 20.8. The normalized spacial score (nSPS) is 18.3. The second-order valence-electron chi connectivity index (χ2n) is 19.3. The second-order valence-corrected chi connectivity index (χ2v) is 19.3. The average molecular weight is 933 g/mol. The van der Waals surface area contributed by atoms with Gasteiger partial charge in [-0.05, 0) is 95.3 Å². The molecular formula is C56H70Cl2SiZr-4. The third-order valence-electron chi connectivity index (χ3n) is 12.3. The fraction of sp³-hybridized carbons (Fsp3) is 0.357. The average Bonchev–Trinajstić information content (AvgIpc) is 3.78. The first-order chi connectivity index (χ1) is 26.7. The number of benzene rings is 4. The minimum absolute atomic E-state index is 0. The molecule has 8 rings (SSSR count).